The van der Waals surface area contributed by atoms with Gasteiger partial charge in [-0.3, -0.25) is 9.59 Å². The van der Waals surface area contributed by atoms with Crippen molar-refractivity contribution in [1.29, 1.82) is 0 Å². The third-order valence-electron chi connectivity index (χ3n) is 7.04. The molecule has 2 aliphatic rings. The number of carboxylic acid groups (broad SMARTS) is 1. The molecule has 2 aliphatic heterocycles. The zero-order valence-corrected chi connectivity index (χ0v) is 22.5. The van der Waals surface area contributed by atoms with Crippen LogP contribution >= 0.6 is 0 Å². The van der Waals surface area contributed by atoms with E-state index >= 15 is 0 Å². The Morgan fingerprint density at radius 3 is 2.61 bits per heavy atom. The van der Waals surface area contributed by atoms with Crippen LogP contribution in [0.3, 0.4) is 0 Å². The van der Waals surface area contributed by atoms with E-state index in [0.717, 1.165) is 24.8 Å². The summed E-state index contributed by atoms with van der Waals surface area (Å²) in [5.41, 5.74) is 0.990. The first-order valence-corrected chi connectivity index (χ1v) is 13.0. The highest BCUT2D eigenvalue weighted by atomic mass is 16.5. The Kier molecular flexibility index (Phi) is 8.87. The highest BCUT2D eigenvalue weighted by Crippen LogP contribution is 2.40. The van der Waals surface area contributed by atoms with Crippen molar-refractivity contribution in [3.05, 3.63) is 23.3 Å². The van der Waals surface area contributed by atoms with Crippen LogP contribution in [0.5, 0.6) is 5.75 Å². The number of hydrogen-bond acceptors (Lipinski definition) is 5. The Morgan fingerprint density at radius 1 is 1.28 bits per heavy atom. The molecule has 0 saturated carbocycles. The topological polar surface area (TPSA) is 99.6 Å². The van der Waals surface area contributed by atoms with Gasteiger partial charge < -0.3 is 29.3 Å². The summed E-state index contributed by atoms with van der Waals surface area (Å²) in [6.45, 7) is 11.3. The van der Waals surface area contributed by atoms with Gasteiger partial charge in [0.2, 0.25) is 0 Å². The van der Waals surface area contributed by atoms with E-state index < -0.39 is 11.7 Å². The largest absolute Gasteiger partial charge is 0.476 e. The van der Waals surface area contributed by atoms with Crippen LogP contribution in [0.15, 0.2) is 12.1 Å². The molecule has 200 valence electrons. The molecule has 3 rings (SSSR count). The third-order valence-corrected chi connectivity index (χ3v) is 7.04. The average molecular weight is 504 g/mol. The van der Waals surface area contributed by atoms with Gasteiger partial charge in [-0.1, -0.05) is 6.92 Å². The van der Waals surface area contributed by atoms with Gasteiger partial charge in [0.15, 0.2) is 5.60 Å². The molecule has 36 heavy (non-hydrogen) atoms. The minimum atomic E-state index is -1.00. The zero-order valence-electron chi connectivity index (χ0n) is 22.5. The lowest BCUT2D eigenvalue weighted by atomic mass is 9.96. The number of rotatable bonds is 9. The minimum absolute atomic E-state index is 0.112. The highest BCUT2D eigenvalue weighted by Gasteiger charge is 2.42. The summed E-state index contributed by atoms with van der Waals surface area (Å²) in [4.78, 5) is 43.9. The maximum Gasteiger partial charge on any atom is 0.407 e. The molecule has 0 spiro atoms. The van der Waals surface area contributed by atoms with Crippen molar-refractivity contribution < 1.29 is 29.0 Å². The van der Waals surface area contributed by atoms with E-state index in [-0.39, 0.29) is 23.9 Å². The SMILES string of the molecule is CCc1cc2c(cc1C(=O)N(C(C)C)[C@@H]1CCCN(C(=O)O)C1)N(CCCCOC)C(=O)C(C)(C)O2. The minimum Gasteiger partial charge on any atom is -0.476 e. The van der Waals surface area contributed by atoms with Gasteiger partial charge in [0.25, 0.3) is 11.8 Å². The van der Waals surface area contributed by atoms with Crippen molar-refractivity contribution in [2.24, 2.45) is 0 Å². The summed E-state index contributed by atoms with van der Waals surface area (Å²) in [7, 11) is 1.66. The van der Waals surface area contributed by atoms with Crippen LogP contribution in [0, 0.1) is 0 Å². The molecule has 2 heterocycles. The molecule has 1 N–H and O–H groups in total. The predicted octanol–water partition coefficient (Wildman–Crippen LogP) is 4.17. The molecule has 0 aliphatic carbocycles. The first-order chi connectivity index (χ1) is 17.0. The average Bonchev–Trinajstić information content (AvgIpc) is 2.83. The number of aryl methyl sites for hydroxylation is 1. The second-order valence-corrected chi connectivity index (χ2v) is 10.4. The molecule has 1 aromatic rings. The number of methoxy groups -OCH3 is 1. The molecule has 1 atom stereocenters. The van der Waals surface area contributed by atoms with Crippen molar-refractivity contribution in [3.63, 3.8) is 0 Å². The summed E-state index contributed by atoms with van der Waals surface area (Å²) < 4.78 is 11.3. The van der Waals surface area contributed by atoms with Gasteiger partial charge in [0.05, 0.1) is 11.7 Å². The first-order valence-electron chi connectivity index (χ1n) is 13.0. The Bertz CT molecular complexity index is 977. The van der Waals surface area contributed by atoms with E-state index in [4.69, 9.17) is 9.47 Å². The number of nitrogens with zero attached hydrogens (tertiary/aromatic N) is 3. The molecule has 0 unspecified atom stereocenters. The van der Waals surface area contributed by atoms with Gasteiger partial charge in [0, 0.05) is 45.0 Å². The van der Waals surface area contributed by atoms with Gasteiger partial charge in [-0.2, -0.15) is 0 Å². The van der Waals surface area contributed by atoms with E-state index in [2.05, 4.69) is 0 Å². The summed E-state index contributed by atoms with van der Waals surface area (Å²) in [5.74, 6) is 0.323. The molecular weight excluding hydrogens is 462 g/mol. The molecule has 1 fully saturated rings. The number of carbonyl (C=O) groups is 3. The predicted molar refractivity (Wildman–Crippen MR) is 138 cm³/mol. The number of hydrogen-bond donors (Lipinski definition) is 1. The van der Waals surface area contributed by atoms with Gasteiger partial charge in [-0.05, 0) is 77.5 Å². The third kappa shape index (κ3) is 5.77. The molecule has 1 saturated heterocycles. The molecule has 9 nitrogen and oxygen atoms in total. The summed E-state index contributed by atoms with van der Waals surface area (Å²) in [6, 6.07) is 3.37. The van der Waals surface area contributed by atoms with Gasteiger partial charge in [-0.25, -0.2) is 4.79 Å². The summed E-state index contributed by atoms with van der Waals surface area (Å²) >= 11 is 0. The lowest BCUT2D eigenvalue weighted by Gasteiger charge is -2.42. The fraction of sp³-hybridized carbons (Fsp3) is 0.667. The van der Waals surface area contributed by atoms with Crippen LogP contribution in [0.2, 0.25) is 0 Å². The quantitative estimate of drug-likeness (QED) is 0.508. The second-order valence-electron chi connectivity index (χ2n) is 10.4. The van der Waals surface area contributed by atoms with Gasteiger partial charge in [0.1, 0.15) is 5.75 Å². The Balaban J connectivity index is 2.00. The van der Waals surface area contributed by atoms with E-state index in [9.17, 15) is 19.5 Å². The fourth-order valence-corrected chi connectivity index (χ4v) is 5.20. The number of likely N-dealkylation sites (tertiary alicyclic amines) is 1. The number of carbonyl (C=O) groups excluding carboxylic acids is 2. The first kappa shape index (κ1) is 27.8. The molecule has 0 bridgehead atoms. The zero-order chi connectivity index (χ0) is 26.6. The number of benzene rings is 1. The van der Waals surface area contributed by atoms with Crippen molar-refractivity contribution in [2.75, 3.05) is 38.3 Å². The lowest BCUT2D eigenvalue weighted by molar-refractivity contribution is -0.132. The van der Waals surface area contributed by atoms with E-state index in [1.165, 1.54) is 4.90 Å². The summed E-state index contributed by atoms with van der Waals surface area (Å²) in [6.07, 6.45) is 2.71. The molecule has 1 aromatic carbocycles. The lowest BCUT2D eigenvalue weighted by Crippen LogP contribution is -2.54. The van der Waals surface area contributed by atoms with Crippen LogP contribution in [0.25, 0.3) is 0 Å². The van der Waals surface area contributed by atoms with Gasteiger partial charge in [-0.15, -0.1) is 0 Å². The summed E-state index contributed by atoms with van der Waals surface area (Å²) in [5, 5.41) is 9.51. The Morgan fingerprint density at radius 2 is 2.00 bits per heavy atom. The van der Waals surface area contributed by atoms with E-state index in [1.807, 2.05) is 31.7 Å². The number of piperidine rings is 1. The number of ether oxygens (including phenoxy) is 2. The van der Waals surface area contributed by atoms with Crippen LogP contribution in [0.1, 0.15) is 76.2 Å². The van der Waals surface area contributed by atoms with Crippen molar-refractivity contribution in [1.82, 2.24) is 9.80 Å². The van der Waals surface area contributed by atoms with E-state index in [0.29, 0.717) is 56.1 Å². The molecule has 3 amide bonds. The Labute approximate surface area is 214 Å². The van der Waals surface area contributed by atoms with Crippen LogP contribution in [-0.2, 0) is 16.0 Å². The van der Waals surface area contributed by atoms with Crippen LogP contribution in [0.4, 0.5) is 10.5 Å². The number of anilines is 1. The molecule has 0 aromatic heterocycles. The molecular formula is C27H41N3O6. The number of amides is 3. The Hall–Kier alpha value is -2.81. The second kappa shape index (κ2) is 11.5. The van der Waals surface area contributed by atoms with Crippen molar-refractivity contribution in [3.8, 4) is 5.75 Å². The normalized spacial score (nSPS) is 19.2. The fourth-order valence-electron chi connectivity index (χ4n) is 5.20. The maximum atomic E-state index is 14.0. The highest BCUT2D eigenvalue weighted by molar-refractivity contribution is 6.05. The monoisotopic (exact) mass is 503 g/mol. The van der Waals surface area contributed by atoms with E-state index in [1.54, 1.807) is 31.9 Å². The maximum absolute atomic E-state index is 14.0. The van der Waals surface area contributed by atoms with Crippen molar-refractivity contribution in [2.45, 2.75) is 84.4 Å². The van der Waals surface area contributed by atoms with Crippen molar-refractivity contribution >= 4 is 23.6 Å². The number of unbranched alkanes of at least 4 members (excludes halogenated alkanes) is 1. The standard InChI is InChI=1S/C27H41N3O6/c1-7-19-15-23-22(29(13-8-9-14-35-6)25(32)27(4,5)36-23)16-21(19)24(31)30(18(2)3)20-11-10-12-28(17-20)26(33)34/h15-16,18,20H,7-14,17H2,1-6H3,(H,33,34)/t20-/m1/s1. The van der Waals surface area contributed by atoms with Crippen LogP contribution in [-0.4, -0.2) is 83.8 Å². The number of fused-ring (bicyclic) bond motifs is 1. The van der Waals surface area contributed by atoms with Gasteiger partial charge >= 0.3 is 6.09 Å². The molecule has 9 heteroatoms. The van der Waals surface area contributed by atoms with Crippen LogP contribution < -0.4 is 9.64 Å². The molecule has 0 radical (unpaired) electrons. The smallest absolute Gasteiger partial charge is 0.407 e.